The van der Waals surface area contributed by atoms with Gasteiger partial charge in [0, 0.05) is 23.8 Å². The first kappa shape index (κ1) is 17.6. The van der Waals surface area contributed by atoms with Crippen molar-refractivity contribution in [2.75, 3.05) is 0 Å². The van der Waals surface area contributed by atoms with Gasteiger partial charge in [-0.15, -0.1) is 21.5 Å². The van der Waals surface area contributed by atoms with Gasteiger partial charge in [0.2, 0.25) is 5.91 Å². The molecule has 0 aliphatic heterocycles. The molecule has 0 fully saturated rings. The molecule has 2 rings (SSSR count). The topological polar surface area (TPSA) is 72.7 Å². The third-order valence-electron chi connectivity index (χ3n) is 3.49. The molecule has 0 atom stereocenters. The van der Waals surface area contributed by atoms with Crippen LogP contribution in [-0.4, -0.2) is 25.7 Å². The number of nitrogens with zero attached hydrogens (tertiary/aromatic N) is 4. The Balaban J connectivity index is 1.92. The van der Waals surface area contributed by atoms with Crippen molar-refractivity contribution >= 4 is 17.2 Å². The van der Waals surface area contributed by atoms with Crippen LogP contribution in [-0.2, 0) is 30.2 Å². The lowest BCUT2D eigenvalue weighted by atomic mass is 9.98. The zero-order valence-corrected chi connectivity index (χ0v) is 15.5. The number of carbonyl (C=O) groups excluding carboxylic acids is 1. The fraction of sp³-hybridized carbons (Fsp3) is 0.625. The molecule has 0 aliphatic rings. The van der Waals surface area contributed by atoms with E-state index in [4.69, 9.17) is 0 Å². The zero-order chi connectivity index (χ0) is 17.2. The molecule has 0 spiro atoms. The predicted molar refractivity (Wildman–Crippen MR) is 91.5 cm³/mol. The molecule has 2 aromatic heterocycles. The third kappa shape index (κ3) is 4.37. The maximum absolute atomic E-state index is 12.1. The summed E-state index contributed by atoms with van der Waals surface area (Å²) in [6.07, 6.45) is 0.293. The van der Waals surface area contributed by atoms with E-state index in [1.807, 2.05) is 17.0 Å². The smallest absolute Gasteiger partial charge is 0.226 e. The van der Waals surface area contributed by atoms with Crippen molar-refractivity contribution in [3.8, 4) is 0 Å². The van der Waals surface area contributed by atoms with Crippen molar-refractivity contribution in [1.82, 2.24) is 25.1 Å². The first-order valence-corrected chi connectivity index (χ1v) is 8.66. The van der Waals surface area contributed by atoms with E-state index < -0.39 is 0 Å². The number of nitrogens with one attached hydrogen (secondary N) is 1. The molecule has 2 heterocycles. The number of carbonyl (C=O) groups is 1. The first-order chi connectivity index (χ1) is 10.7. The number of rotatable bonds is 5. The van der Waals surface area contributed by atoms with Gasteiger partial charge in [0.15, 0.2) is 5.82 Å². The van der Waals surface area contributed by atoms with E-state index in [9.17, 15) is 4.79 Å². The highest BCUT2D eigenvalue weighted by Gasteiger charge is 2.19. The molecule has 126 valence electrons. The second-order valence-corrected chi connectivity index (χ2v) is 7.89. The fourth-order valence-electron chi connectivity index (χ4n) is 2.17. The summed E-state index contributed by atoms with van der Waals surface area (Å²) in [6.45, 7) is 10.9. The molecule has 7 heteroatoms. The largest absolute Gasteiger partial charge is 0.348 e. The van der Waals surface area contributed by atoms with Crippen LogP contribution in [0.4, 0.5) is 0 Å². The third-order valence-corrected chi connectivity index (χ3v) is 4.81. The van der Waals surface area contributed by atoms with Crippen molar-refractivity contribution in [1.29, 1.82) is 0 Å². The van der Waals surface area contributed by atoms with E-state index >= 15 is 0 Å². The number of amides is 1. The highest BCUT2D eigenvalue weighted by atomic mass is 32.1. The van der Waals surface area contributed by atoms with Gasteiger partial charge in [-0.3, -0.25) is 4.79 Å². The Labute approximate surface area is 141 Å². The van der Waals surface area contributed by atoms with Crippen LogP contribution in [0.5, 0.6) is 0 Å². The minimum atomic E-state index is -0.0511. The summed E-state index contributed by atoms with van der Waals surface area (Å²) in [4.78, 5) is 16.6. The zero-order valence-electron chi connectivity index (χ0n) is 14.7. The van der Waals surface area contributed by atoms with Crippen LogP contribution in [0.25, 0.3) is 0 Å². The average Bonchev–Trinajstić information content (AvgIpc) is 3.03. The van der Waals surface area contributed by atoms with Crippen molar-refractivity contribution in [3.05, 3.63) is 27.7 Å². The molecule has 0 aromatic carbocycles. The number of hydrogen-bond acceptors (Lipinski definition) is 5. The van der Waals surface area contributed by atoms with E-state index in [-0.39, 0.29) is 11.3 Å². The number of aromatic nitrogens is 4. The maximum atomic E-state index is 12.1. The van der Waals surface area contributed by atoms with E-state index in [1.54, 1.807) is 11.3 Å². The molecule has 0 saturated carbocycles. The molecule has 23 heavy (non-hydrogen) atoms. The van der Waals surface area contributed by atoms with Crippen LogP contribution in [0.2, 0.25) is 0 Å². The summed E-state index contributed by atoms with van der Waals surface area (Å²) < 4.78 is 1.94. The van der Waals surface area contributed by atoms with Gasteiger partial charge < -0.3 is 9.88 Å². The summed E-state index contributed by atoms with van der Waals surface area (Å²) >= 11 is 1.60. The fourth-order valence-corrected chi connectivity index (χ4v) is 3.08. The summed E-state index contributed by atoms with van der Waals surface area (Å²) in [5, 5.41) is 14.2. The Kier molecular flexibility index (Phi) is 5.19. The van der Waals surface area contributed by atoms with Crippen LogP contribution in [0, 0.1) is 0 Å². The van der Waals surface area contributed by atoms with Crippen LogP contribution >= 0.6 is 11.3 Å². The lowest BCUT2D eigenvalue weighted by molar-refractivity contribution is -0.120. The maximum Gasteiger partial charge on any atom is 0.226 e. The quantitative estimate of drug-likeness (QED) is 0.911. The molecule has 1 amide bonds. The van der Waals surface area contributed by atoms with E-state index in [2.05, 4.69) is 55.1 Å². The van der Waals surface area contributed by atoms with Gasteiger partial charge >= 0.3 is 0 Å². The second kappa shape index (κ2) is 6.78. The SMILES string of the molecule is CC(C)c1nnc(CNC(=O)Cc2csc(C(C)(C)C)n2)n1C. The highest BCUT2D eigenvalue weighted by Crippen LogP contribution is 2.25. The Morgan fingerprint density at radius 1 is 1.35 bits per heavy atom. The summed E-state index contributed by atoms with van der Waals surface area (Å²) in [6, 6.07) is 0. The van der Waals surface area contributed by atoms with Crippen LogP contribution in [0.3, 0.4) is 0 Å². The Morgan fingerprint density at radius 3 is 2.57 bits per heavy atom. The lowest BCUT2D eigenvalue weighted by Gasteiger charge is -2.13. The Bertz CT molecular complexity index is 681. The lowest BCUT2D eigenvalue weighted by Crippen LogP contribution is -2.26. The van der Waals surface area contributed by atoms with Crippen LogP contribution < -0.4 is 5.32 Å². The summed E-state index contributed by atoms with van der Waals surface area (Å²) in [5.74, 6) is 1.94. The summed E-state index contributed by atoms with van der Waals surface area (Å²) in [5.41, 5.74) is 0.837. The van der Waals surface area contributed by atoms with Crippen molar-refractivity contribution in [2.24, 2.45) is 7.05 Å². The molecular formula is C16H25N5OS. The first-order valence-electron chi connectivity index (χ1n) is 7.78. The minimum absolute atomic E-state index is 0.0191. The molecule has 0 aliphatic carbocycles. The van der Waals surface area contributed by atoms with Crippen LogP contribution in [0.15, 0.2) is 5.38 Å². The van der Waals surface area contributed by atoms with E-state index in [1.165, 1.54) is 0 Å². The number of hydrogen-bond donors (Lipinski definition) is 1. The second-order valence-electron chi connectivity index (χ2n) is 7.04. The normalized spacial score (nSPS) is 12.0. The monoisotopic (exact) mass is 335 g/mol. The van der Waals surface area contributed by atoms with E-state index in [0.717, 1.165) is 22.4 Å². The molecule has 1 N–H and O–H groups in total. The van der Waals surface area contributed by atoms with Crippen molar-refractivity contribution in [2.45, 2.75) is 58.9 Å². The van der Waals surface area contributed by atoms with E-state index in [0.29, 0.717) is 18.9 Å². The Hall–Kier alpha value is -1.76. The standard InChI is InChI=1S/C16H25N5OS/c1-10(2)14-20-19-12(21(14)6)8-17-13(22)7-11-9-23-15(18-11)16(3,4)5/h9-10H,7-8H2,1-6H3,(H,17,22). The van der Waals surface area contributed by atoms with Gasteiger partial charge in [-0.25, -0.2) is 4.98 Å². The van der Waals surface area contributed by atoms with Crippen LogP contribution in [0.1, 0.15) is 62.9 Å². The summed E-state index contributed by atoms with van der Waals surface area (Å²) in [7, 11) is 1.92. The molecule has 0 bridgehead atoms. The highest BCUT2D eigenvalue weighted by molar-refractivity contribution is 7.09. The van der Waals surface area contributed by atoms with Gasteiger partial charge in [-0.05, 0) is 0 Å². The molecule has 0 unspecified atom stereocenters. The molecular weight excluding hydrogens is 310 g/mol. The molecule has 0 radical (unpaired) electrons. The molecule has 6 nitrogen and oxygen atoms in total. The van der Waals surface area contributed by atoms with Gasteiger partial charge in [0.1, 0.15) is 5.82 Å². The minimum Gasteiger partial charge on any atom is -0.348 e. The Morgan fingerprint density at radius 2 is 2.04 bits per heavy atom. The molecule has 0 saturated heterocycles. The van der Waals surface area contributed by atoms with Gasteiger partial charge in [-0.2, -0.15) is 0 Å². The predicted octanol–water partition coefficient (Wildman–Crippen LogP) is 2.55. The van der Waals surface area contributed by atoms with Gasteiger partial charge in [-0.1, -0.05) is 34.6 Å². The average molecular weight is 335 g/mol. The molecule has 2 aromatic rings. The van der Waals surface area contributed by atoms with Gasteiger partial charge in [0.25, 0.3) is 0 Å². The van der Waals surface area contributed by atoms with Gasteiger partial charge in [0.05, 0.1) is 23.7 Å². The number of thiazole rings is 1. The van der Waals surface area contributed by atoms with Crippen molar-refractivity contribution in [3.63, 3.8) is 0 Å². The van der Waals surface area contributed by atoms with Crippen molar-refractivity contribution < 1.29 is 4.79 Å².